The molecule has 0 aliphatic carbocycles. The lowest BCUT2D eigenvalue weighted by molar-refractivity contribution is 0.274. The molecule has 0 amide bonds. The first kappa shape index (κ1) is 82.3. The summed E-state index contributed by atoms with van der Waals surface area (Å²) in [6, 6.07) is 38.3. The number of rotatable bonds is 12. The maximum absolute atomic E-state index is 13.3. The van der Waals surface area contributed by atoms with Crippen LogP contribution in [-0.4, -0.2) is 37.8 Å². The van der Waals surface area contributed by atoms with Gasteiger partial charge >= 0.3 is 0 Å². The number of benzene rings is 6. The summed E-state index contributed by atoms with van der Waals surface area (Å²) >= 11 is 0. The van der Waals surface area contributed by atoms with Gasteiger partial charge in [-0.25, -0.2) is 17.2 Å². The normalized spacial score (nSPS) is 11.9. The third-order valence-electron chi connectivity index (χ3n) is 15.3. The van der Waals surface area contributed by atoms with E-state index in [9.17, 15) is 17.2 Å². The van der Waals surface area contributed by atoms with Crippen LogP contribution in [0.5, 0.6) is 11.5 Å². The van der Waals surface area contributed by atoms with E-state index in [1.54, 1.807) is 39.4 Å². The number of sulfone groups is 1. The van der Waals surface area contributed by atoms with E-state index in [1.165, 1.54) is 67.1 Å². The summed E-state index contributed by atoms with van der Waals surface area (Å²) in [4.78, 5) is 4.56. The molecular formula is C81H115F2NO6S. The van der Waals surface area contributed by atoms with E-state index in [0.717, 1.165) is 44.9 Å². The van der Waals surface area contributed by atoms with Crippen LogP contribution < -0.4 is 9.47 Å². The average Bonchev–Trinajstić information content (AvgIpc) is 1.82. The number of aryl methyl sites for hydroxylation is 7. The molecular weight excluding hydrogens is 1150 g/mol. The van der Waals surface area contributed by atoms with Crippen LogP contribution in [0.2, 0.25) is 0 Å². The number of hydrogen-bond acceptors (Lipinski definition) is 7. The van der Waals surface area contributed by atoms with Crippen LogP contribution in [-0.2, 0) is 23.1 Å². The van der Waals surface area contributed by atoms with Gasteiger partial charge in [-0.15, -0.1) is 0 Å². The second-order valence-corrected chi connectivity index (χ2v) is 28.2. The zero-order chi connectivity index (χ0) is 69.6. The minimum atomic E-state index is -3.02. The number of hydrogen-bond donors (Lipinski definition) is 2. The predicted molar refractivity (Wildman–Crippen MR) is 385 cm³/mol. The van der Waals surface area contributed by atoms with Gasteiger partial charge in [0.1, 0.15) is 23.1 Å². The molecule has 2 N–H and O–H groups in total. The van der Waals surface area contributed by atoms with Crippen LogP contribution in [0.15, 0.2) is 150 Å². The lowest BCUT2D eigenvalue weighted by atomic mass is 9.98. The first-order valence-corrected chi connectivity index (χ1v) is 33.8. The van der Waals surface area contributed by atoms with E-state index in [0.29, 0.717) is 57.8 Å². The van der Waals surface area contributed by atoms with Gasteiger partial charge in [-0.3, -0.25) is 4.98 Å². The maximum atomic E-state index is 13.3. The first-order chi connectivity index (χ1) is 42.4. The fourth-order valence-corrected chi connectivity index (χ4v) is 10.3. The van der Waals surface area contributed by atoms with Gasteiger partial charge in [0.05, 0.1) is 27.4 Å². The van der Waals surface area contributed by atoms with Crippen molar-refractivity contribution in [3.63, 3.8) is 0 Å². The molecule has 1 aliphatic heterocycles. The van der Waals surface area contributed by atoms with Gasteiger partial charge in [-0.1, -0.05) is 207 Å². The Bertz CT molecular complexity index is 3330. The highest BCUT2D eigenvalue weighted by Gasteiger charge is 2.20. The molecule has 2 heterocycles. The first-order valence-electron chi connectivity index (χ1n) is 32.2. The lowest BCUT2D eigenvalue weighted by Gasteiger charge is -2.11. The molecule has 0 fully saturated rings. The van der Waals surface area contributed by atoms with Gasteiger partial charge < -0.3 is 19.7 Å². The molecule has 0 saturated heterocycles. The molecule has 1 aliphatic rings. The number of aliphatic hydroxyl groups excluding tert-OH is 2. The van der Waals surface area contributed by atoms with Crippen molar-refractivity contribution >= 4 is 9.84 Å². The fraction of sp³-hybridized carbons (Fsp3) is 0.444. The smallest absolute Gasteiger partial charge is 0.196 e. The van der Waals surface area contributed by atoms with Crippen molar-refractivity contribution in [2.45, 2.75) is 221 Å². The summed E-state index contributed by atoms with van der Waals surface area (Å²) < 4.78 is 58.8. The fourth-order valence-electron chi connectivity index (χ4n) is 9.10. The zero-order valence-corrected chi connectivity index (χ0v) is 61.3. The molecule has 500 valence electrons. The van der Waals surface area contributed by atoms with E-state index in [2.05, 4.69) is 182 Å². The van der Waals surface area contributed by atoms with Gasteiger partial charge in [0.2, 0.25) is 0 Å². The monoisotopic (exact) mass is 1270 g/mol. The third-order valence-corrected chi connectivity index (χ3v) is 16.9. The summed E-state index contributed by atoms with van der Waals surface area (Å²) in [5.41, 5.74) is 19.2. The van der Waals surface area contributed by atoms with Crippen LogP contribution >= 0.6 is 0 Å². The van der Waals surface area contributed by atoms with E-state index >= 15 is 0 Å². The van der Waals surface area contributed by atoms with Crippen molar-refractivity contribution in [1.82, 2.24) is 4.98 Å². The number of aromatic nitrogens is 1. The van der Waals surface area contributed by atoms with E-state index in [4.69, 9.17) is 19.7 Å². The van der Waals surface area contributed by atoms with Crippen molar-refractivity contribution in [3.05, 3.63) is 250 Å². The zero-order valence-electron chi connectivity index (χ0n) is 60.5. The SMILES string of the molecule is CC1=CC(C(C)C)=CS1(=O)=O.COc1ccc(C(C)C)cc1C.COc1ccc(C)cc1C(C)C.Cc1cc(C(C)C)cc(F)c1CO.Cc1cc(C(C)C)ccc1CO.Cc1cc(F)cc(C(C)C)c1.Cc1cccc(C(C)C)c1.Cc1cncc(C(C)C)c1. The Hall–Kier alpha value is -6.72. The Labute approximate surface area is 551 Å². The summed E-state index contributed by atoms with van der Waals surface area (Å²) in [5.74, 6) is 5.49. The number of aliphatic hydroxyl groups is 2. The van der Waals surface area contributed by atoms with Gasteiger partial charge in [0.15, 0.2) is 9.84 Å². The molecule has 0 unspecified atom stereocenters. The second kappa shape index (κ2) is 41.0. The maximum Gasteiger partial charge on any atom is 0.196 e. The summed E-state index contributed by atoms with van der Waals surface area (Å²) in [5, 5.41) is 19.2. The third kappa shape index (κ3) is 30.1. The van der Waals surface area contributed by atoms with Crippen molar-refractivity contribution in [2.24, 2.45) is 5.92 Å². The molecule has 8 rings (SSSR count). The highest BCUT2D eigenvalue weighted by molar-refractivity contribution is 7.98. The summed E-state index contributed by atoms with van der Waals surface area (Å²) in [6.07, 6.45) is 5.55. The van der Waals surface area contributed by atoms with Gasteiger partial charge in [-0.2, -0.15) is 0 Å². The number of pyridine rings is 1. The van der Waals surface area contributed by atoms with Crippen molar-refractivity contribution < 1.29 is 36.9 Å². The van der Waals surface area contributed by atoms with E-state index in [1.807, 2.05) is 91.2 Å². The number of methoxy groups -OCH3 is 2. The van der Waals surface area contributed by atoms with Crippen molar-refractivity contribution in [2.75, 3.05) is 14.2 Å². The topological polar surface area (TPSA) is 106 Å². The highest BCUT2D eigenvalue weighted by Crippen LogP contribution is 2.29. The Balaban J connectivity index is 0.000000521. The minimum Gasteiger partial charge on any atom is -0.496 e. The Morgan fingerprint density at radius 1 is 0.429 bits per heavy atom. The lowest BCUT2D eigenvalue weighted by Crippen LogP contribution is -1.98. The minimum absolute atomic E-state index is 0.131. The molecule has 10 heteroatoms. The van der Waals surface area contributed by atoms with Crippen LogP contribution in [0.1, 0.15) is 248 Å². The molecule has 0 saturated carbocycles. The number of halogens is 2. The van der Waals surface area contributed by atoms with Gasteiger partial charge in [0, 0.05) is 28.3 Å². The molecule has 0 atom stereocenters. The molecule has 0 radical (unpaired) electrons. The molecule has 0 bridgehead atoms. The van der Waals surface area contributed by atoms with Crippen LogP contribution in [0, 0.1) is 66.0 Å². The molecule has 1 aromatic heterocycles. The quantitative estimate of drug-likeness (QED) is 0.126. The Morgan fingerprint density at radius 3 is 1.29 bits per heavy atom. The van der Waals surface area contributed by atoms with Gasteiger partial charge in [0.25, 0.3) is 0 Å². The van der Waals surface area contributed by atoms with E-state index < -0.39 is 9.84 Å². The van der Waals surface area contributed by atoms with Crippen LogP contribution in [0.4, 0.5) is 8.78 Å². The Morgan fingerprint density at radius 2 is 0.901 bits per heavy atom. The number of ether oxygens (including phenoxy) is 2. The second-order valence-electron chi connectivity index (χ2n) is 26.2. The predicted octanol–water partition coefficient (Wildman–Crippen LogP) is 22.4. The molecule has 7 nitrogen and oxygen atoms in total. The largest absolute Gasteiger partial charge is 0.496 e. The molecule has 7 aromatic rings. The number of allylic oxidation sites excluding steroid dienone is 3. The summed E-state index contributed by atoms with van der Waals surface area (Å²) in [7, 11) is 0.404. The van der Waals surface area contributed by atoms with Crippen LogP contribution in [0.25, 0.3) is 0 Å². The van der Waals surface area contributed by atoms with Crippen molar-refractivity contribution in [3.8, 4) is 11.5 Å². The van der Waals surface area contributed by atoms with Crippen LogP contribution in [0.3, 0.4) is 0 Å². The van der Waals surface area contributed by atoms with Crippen molar-refractivity contribution in [1.29, 1.82) is 0 Å². The molecule has 6 aromatic carbocycles. The van der Waals surface area contributed by atoms with E-state index in [-0.39, 0.29) is 24.8 Å². The molecule has 0 spiro atoms. The Kier molecular flexibility index (Phi) is 37.1. The highest BCUT2D eigenvalue weighted by atomic mass is 32.2. The average molecular weight is 1270 g/mol. The summed E-state index contributed by atoms with van der Waals surface area (Å²) in [6.45, 7) is 49.7. The van der Waals surface area contributed by atoms with Gasteiger partial charge in [-0.05, 0) is 217 Å². The standard InChI is InChI=1S/C11H15FO.3C11H16O.C10H13F.C10H14.C9H13N.C8H12O2S/c1-7(2)9-4-8(3)10(6-13)11(12)5-9;1-8(2)10-5-6-11(12-4)9(3)7-10;1-8(2)10-7-9(3)5-6-11(10)12-4;1-8(2)10-4-5-11(7-12)9(3)6-10;1-7(2)9-4-8(3)5-10(11)6-9;1-8(2)10-6-4-5-9(3)7-10;1-7(2)9-4-8(3)5-10-6-9;1-6(2)8-4-7(3)11(9,10)5-8/h4-5,7,13H,6H2,1-3H3;2*5-8H,1-4H3;4-6,8,12H,7H2,1-3H3;4-7H,1-3H3;4-8H,1-3H3;4-7H,1-3H3;4-6H,1-3H3. The number of nitrogens with zero attached hydrogens (tertiary/aromatic N) is 1. The molecule has 91 heavy (non-hydrogen) atoms.